The molecule has 26 heavy (non-hydrogen) atoms. The highest BCUT2D eigenvalue weighted by atomic mass is 32.2. The minimum absolute atomic E-state index is 0.0585. The van der Waals surface area contributed by atoms with E-state index in [1.165, 1.54) is 37.8 Å². The Morgan fingerprint density at radius 2 is 1.88 bits per heavy atom. The van der Waals surface area contributed by atoms with E-state index in [1.54, 1.807) is 12.1 Å². The topological polar surface area (TPSA) is 69.7 Å². The van der Waals surface area contributed by atoms with Crippen molar-refractivity contribution in [2.45, 2.75) is 36.6 Å². The molecule has 1 N–H and O–H groups in total. The van der Waals surface area contributed by atoms with Crippen LogP contribution in [-0.2, 0) is 10.0 Å². The van der Waals surface area contributed by atoms with Crippen molar-refractivity contribution in [1.29, 1.82) is 0 Å². The number of hydrogen-bond acceptors (Lipinski definition) is 4. The smallest absolute Gasteiger partial charge is 0.253 e. The summed E-state index contributed by atoms with van der Waals surface area (Å²) in [6, 6.07) is 6.80. The van der Waals surface area contributed by atoms with Crippen LogP contribution >= 0.6 is 0 Å². The van der Waals surface area contributed by atoms with Crippen LogP contribution in [0, 0.1) is 12.3 Å². The quantitative estimate of drug-likeness (QED) is 0.788. The van der Waals surface area contributed by atoms with Crippen molar-refractivity contribution >= 4 is 15.9 Å². The first kappa shape index (κ1) is 18.9. The molecule has 6 nitrogen and oxygen atoms in total. The highest BCUT2D eigenvalue weighted by molar-refractivity contribution is 7.89. The second kappa shape index (κ2) is 8.21. The van der Waals surface area contributed by atoms with Gasteiger partial charge in [0.25, 0.3) is 5.91 Å². The third-order valence-electron chi connectivity index (χ3n) is 5.20. The number of benzene rings is 1. The van der Waals surface area contributed by atoms with Gasteiger partial charge in [-0.2, -0.15) is 4.72 Å². The first-order chi connectivity index (χ1) is 12.5. The van der Waals surface area contributed by atoms with Gasteiger partial charge in [-0.15, -0.1) is 6.42 Å². The fourth-order valence-corrected chi connectivity index (χ4v) is 4.74. The Bertz CT molecular complexity index is 786. The maximum absolute atomic E-state index is 12.8. The van der Waals surface area contributed by atoms with Crippen molar-refractivity contribution in [3.63, 3.8) is 0 Å². The van der Waals surface area contributed by atoms with Gasteiger partial charge in [0, 0.05) is 37.8 Å². The molecule has 0 spiro atoms. The van der Waals surface area contributed by atoms with Crippen molar-refractivity contribution < 1.29 is 13.2 Å². The fourth-order valence-electron chi connectivity index (χ4n) is 3.76. The predicted molar refractivity (Wildman–Crippen MR) is 100 cm³/mol. The first-order valence-corrected chi connectivity index (χ1v) is 10.6. The summed E-state index contributed by atoms with van der Waals surface area (Å²) >= 11 is 0. The summed E-state index contributed by atoms with van der Waals surface area (Å²) in [5.41, 5.74) is 0.392. The van der Waals surface area contributed by atoms with Gasteiger partial charge < -0.3 is 4.90 Å². The molecule has 2 aliphatic rings. The van der Waals surface area contributed by atoms with Gasteiger partial charge in [-0.25, -0.2) is 8.42 Å². The van der Waals surface area contributed by atoms with Crippen molar-refractivity contribution in [2.75, 3.05) is 32.7 Å². The standard InChI is InChI=1S/C19H25N3O3S/c1-2-10-20-26(24,25)18-9-5-6-16(15-18)19(23)22-13-11-21(12-14-22)17-7-3-4-8-17/h1,5-6,9,15,17,20H,3-4,7-8,10-14H2. The molecule has 0 unspecified atom stereocenters. The normalized spacial score (nSPS) is 19.4. The number of terminal acetylenes is 1. The molecule has 0 radical (unpaired) electrons. The van der Waals surface area contributed by atoms with Crippen molar-refractivity contribution in [3.05, 3.63) is 29.8 Å². The summed E-state index contributed by atoms with van der Waals surface area (Å²) in [5.74, 6) is 2.12. The van der Waals surface area contributed by atoms with Crippen molar-refractivity contribution in [2.24, 2.45) is 0 Å². The molecule has 2 fully saturated rings. The monoisotopic (exact) mass is 375 g/mol. The van der Waals surface area contributed by atoms with Gasteiger partial charge >= 0.3 is 0 Å². The van der Waals surface area contributed by atoms with E-state index in [0.29, 0.717) is 24.7 Å². The Kier molecular flexibility index (Phi) is 5.97. The molecule has 1 aliphatic heterocycles. The number of nitrogens with one attached hydrogen (secondary N) is 1. The third-order valence-corrected chi connectivity index (χ3v) is 6.60. The zero-order valence-electron chi connectivity index (χ0n) is 14.9. The molecule has 3 rings (SSSR count). The maximum Gasteiger partial charge on any atom is 0.253 e. The van der Waals surface area contributed by atoms with Gasteiger partial charge in [0.2, 0.25) is 10.0 Å². The lowest BCUT2D eigenvalue weighted by atomic mass is 10.1. The summed E-state index contributed by atoms with van der Waals surface area (Å²) in [7, 11) is -3.70. The minimum atomic E-state index is -3.70. The third kappa shape index (κ3) is 4.26. The lowest BCUT2D eigenvalue weighted by Gasteiger charge is -2.38. The SMILES string of the molecule is C#CCNS(=O)(=O)c1cccc(C(=O)N2CCN(C3CCCC3)CC2)c1. The van der Waals surface area contributed by atoms with Gasteiger partial charge in [-0.3, -0.25) is 9.69 Å². The molecule has 140 valence electrons. The molecule has 1 aliphatic carbocycles. The summed E-state index contributed by atoms with van der Waals surface area (Å²) in [5, 5.41) is 0. The van der Waals surface area contributed by atoms with E-state index in [9.17, 15) is 13.2 Å². The molecule has 0 bridgehead atoms. The van der Waals surface area contributed by atoms with Gasteiger partial charge in [-0.05, 0) is 31.0 Å². The van der Waals surface area contributed by atoms with E-state index in [2.05, 4.69) is 15.5 Å². The number of carbonyl (C=O) groups is 1. The largest absolute Gasteiger partial charge is 0.336 e. The Labute approximate surface area is 155 Å². The Morgan fingerprint density at radius 3 is 2.54 bits per heavy atom. The molecule has 1 aromatic carbocycles. The molecular weight excluding hydrogens is 350 g/mol. The zero-order valence-corrected chi connectivity index (χ0v) is 15.7. The van der Waals surface area contributed by atoms with Crippen LogP contribution < -0.4 is 4.72 Å². The maximum atomic E-state index is 12.8. The molecular formula is C19H25N3O3S. The minimum Gasteiger partial charge on any atom is -0.336 e. The van der Waals surface area contributed by atoms with E-state index in [1.807, 2.05) is 4.90 Å². The number of nitrogens with zero attached hydrogens (tertiary/aromatic N) is 2. The van der Waals surface area contributed by atoms with Gasteiger partial charge in [0.15, 0.2) is 0 Å². The predicted octanol–water partition coefficient (Wildman–Crippen LogP) is 1.30. The van der Waals surface area contributed by atoms with Crippen LogP contribution in [0.3, 0.4) is 0 Å². The van der Waals surface area contributed by atoms with Crippen LogP contribution in [0.2, 0.25) is 0 Å². The number of amides is 1. The van der Waals surface area contributed by atoms with Crippen molar-refractivity contribution in [3.8, 4) is 12.3 Å². The van der Waals surface area contributed by atoms with Crippen LogP contribution in [0.5, 0.6) is 0 Å². The van der Waals surface area contributed by atoms with Crippen LogP contribution in [0.4, 0.5) is 0 Å². The highest BCUT2D eigenvalue weighted by Crippen LogP contribution is 2.24. The fraction of sp³-hybridized carbons (Fsp3) is 0.526. The number of piperazine rings is 1. The number of hydrogen-bond donors (Lipinski definition) is 1. The van der Waals surface area contributed by atoms with E-state index < -0.39 is 10.0 Å². The second-order valence-corrected chi connectivity index (χ2v) is 8.59. The lowest BCUT2D eigenvalue weighted by Crippen LogP contribution is -2.51. The average molecular weight is 375 g/mol. The van der Waals surface area contributed by atoms with Gasteiger partial charge in [0.05, 0.1) is 11.4 Å². The highest BCUT2D eigenvalue weighted by Gasteiger charge is 2.28. The Morgan fingerprint density at radius 1 is 1.19 bits per heavy atom. The van der Waals surface area contributed by atoms with Crippen LogP contribution in [0.1, 0.15) is 36.0 Å². The van der Waals surface area contributed by atoms with Gasteiger partial charge in [0.1, 0.15) is 0 Å². The van der Waals surface area contributed by atoms with Gasteiger partial charge in [-0.1, -0.05) is 24.8 Å². The second-order valence-electron chi connectivity index (χ2n) is 6.82. The van der Waals surface area contributed by atoms with Crippen LogP contribution in [0.25, 0.3) is 0 Å². The van der Waals surface area contributed by atoms with E-state index >= 15 is 0 Å². The number of rotatable bonds is 5. The van der Waals surface area contributed by atoms with E-state index in [4.69, 9.17) is 6.42 Å². The molecule has 7 heteroatoms. The molecule has 0 aromatic heterocycles. The Hall–Kier alpha value is -1.88. The molecule has 1 aromatic rings. The molecule has 1 saturated heterocycles. The zero-order chi connectivity index (χ0) is 18.6. The van der Waals surface area contributed by atoms with Crippen molar-refractivity contribution in [1.82, 2.24) is 14.5 Å². The lowest BCUT2D eigenvalue weighted by molar-refractivity contribution is 0.0573. The molecule has 1 heterocycles. The molecule has 1 amide bonds. The summed E-state index contributed by atoms with van der Waals surface area (Å²) in [4.78, 5) is 17.1. The summed E-state index contributed by atoms with van der Waals surface area (Å²) in [6.45, 7) is 3.06. The molecule has 0 atom stereocenters. The Balaban J connectivity index is 1.65. The first-order valence-electron chi connectivity index (χ1n) is 9.08. The van der Waals surface area contributed by atoms with Crippen LogP contribution in [0.15, 0.2) is 29.2 Å². The van der Waals surface area contributed by atoms with Crippen LogP contribution in [-0.4, -0.2) is 62.9 Å². The summed E-state index contributed by atoms with van der Waals surface area (Å²) < 4.78 is 26.7. The average Bonchev–Trinajstić information content (AvgIpc) is 3.21. The number of carbonyl (C=O) groups excluding carboxylic acids is 1. The van der Waals surface area contributed by atoms with E-state index in [0.717, 1.165) is 13.1 Å². The molecule has 1 saturated carbocycles. The number of sulfonamides is 1. The summed E-state index contributed by atoms with van der Waals surface area (Å²) in [6.07, 6.45) is 10.2. The van der Waals surface area contributed by atoms with E-state index in [-0.39, 0.29) is 17.3 Å².